The third kappa shape index (κ3) is 1.98. The topological polar surface area (TPSA) is 74.8 Å². The summed E-state index contributed by atoms with van der Waals surface area (Å²) in [5.74, 6) is 0.790. The molecule has 0 radical (unpaired) electrons. The molecule has 5 nitrogen and oxygen atoms in total. The lowest BCUT2D eigenvalue weighted by Crippen LogP contribution is -1.87. The van der Waals surface area contributed by atoms with Crippen LogP contribution in [0.5, 0.6) is 0 Å². The highest BCUT2D eigenvalue weighted by molar-refractivity contribution is 5.11. The molecule has 0 aliphatic rings. The molecule has 0 saturated carbocycles. The van der Waals surface area contributed by atoms with E-state index in [9.17, 15) is 0 Å². The molecule has 0 unspecified atom stereocenters. The van der Waals surface area contributed by atoms with Gasteiger partial charge in [-0.3, -0.25) is 0 Å². The summed E-state index contributed by atoms with van der Waals surface area (Å²) < 4.78 is 4.81. The van der Waals surface area contributed by atoms with Crippen molar-refractivity contribution in [1.29, 1.82) is 0 Å². The number of aromatic nitrogens is 1. The van der Waals surface area contributed by atoms with Gasteiger partial charge in [-0.2, -0.15) is 0 Å². The summed E-state index contributed by atoms with van der Waals surface area (Å²) >= 11 is 0. The highest BCUT2D eigenvalue weighted by atomic mass is 16.5. The van der Waals surface area contributed by atoms with Crippen molar-refractivity contribution in [1.82, 2.24) is 5.16 Å². The lowest BCUT2D eigenvalue weighted by atomic mass is 10.2. The number of aryl methyl sites for hydroxylation is 1. The molecule has 5 heteroatoms. The Bertz CT molecular complexity index is 274. The van der Waals surface area contributed by atoms with Crippen molar-refractivity contribution in [3.8, 4) is 0 Å². The molecule has 0 fully saturated rings. The van der Waals surface area contributed by atoms with Gasteiger partial charge in [0.15, 0.2) is 0 Å². The van der Waals surface area contributed by atoms with E-state index < -0.39 is 0 Å². The molecule has 0 amide bonds. The molecule has 0 saturated heterocycles. The average Bonchev–Trinajstić information content (AvgIpc) is 2.37. The molecule has 1 heterocycles. The molecule has 58 valence electrons. The third-order valence-electron chi connectivity index (χ3n) is 1.39. The Kier molecular flexibility index (Phi) is 2.52. The van der Waals surface area contributed by atoms with Crippen molar-refractivity contribution in [2.24, 2.45) is 5.11 Å². The number of rotatable bonds is 3. The van der Waals surface area contributed by atoms with Crippen LogP contribution in [-0.4, -0.2) is 11.7 Å². The van der Waals surface area contributed by atoms with Crippen LogP contribution in [-0.2, 0) is 6.42 Å². The fourth-order valence-electron chi connectivity index (χ4n) is 0.774. The van der Waals surface area contributed by atoms with Gasteiger partial charge in [0, 0.05) is 17.0 Å². The van der Waals surface area contributed by atoms with Crippen molar-refractivity contribution in [3.63, 3.8) is 0 Å². The lowest BCUT2D eigenvalue weighted by Gasteiger charge is -1.89. The van der Waals surface area contributed by atoms with E-state index in [1.54, 1.807) is 6.20 Å². The predicted molar refractivity (Wildman–Crippen MR) is 39.0 cm³/mol. The Balaban J connectivity index is 2.50. The average molecular weight is 152 g/mol. The molecular formula is C6H8N4O. The summed E-state index contributed by atoms with van der Waals surface area (Å²) in [6, 6.07) is 0. The first-order valence-corrected chi connectivity index (χ1v) is 3.25. The van der Waals surface area contributed by atoms with Crippen molar-refractivity contribution in [2.75, 3.05) is 6.54 Å². The molecule has 0 spiro atoms. The van der Waals surface area contributed by atoms with Gasteiger partial charge in [0.25, 0.3) is 0 Å². The van der Waals surface area contributed by atoms with Crippen molar-refractivity contribution < 1.29 is 4.52 Å². The number of hydrogen-bond acceptors (Lipinski definition) is 3. The summed E-state index contributed by atoms with van der Waals surface area (Å²) in [6.45, 7) is 2.29. The summed E-state index contributed by atoms with van der Waals surface area (Å²) in [5.41, 5.74) is 8.98. The SMILES string of the molecule is Cc1oncc1CCN=[N+]=[N-]. The molecule has 0 aliphatic carbocycles. The van der Waals surface area contributed by atoms with Crippen molar-refractivity contribution in [3.05, 3.63) is 28.0 Å². The van der Waals surface area contributed by atoms with Crippen LogP contribution in [0.2, 0.25) is 0 Å². The van der Waals surface area contributed by atoms with E-state index in [1.807, 2.05) is 6.92 Å². The van der Waals surface area contributed by atoms with Crippen LogP contribution in [0.1, 0.15) is 11.3 Å². The Labute approximate surface area is 63.6 Å². The molecule has 11 heavy (non-hydrogen) atoms. The molecule has 0 aromatic carbocycles. The minimum Gasteiger partial charge on any atom is -0.361 e. The molecule has 0 N–H and O–H groups in total. The van der Waals surface area contributed by atoms with Gasteiger partial charge >= 0.3 is 0 Å². The largest absolute Gasteiger partial charge is 0.361 e. The van der Waals surface area contributed by atoms with E-state index in [-0.39, 0.29) is 0 Å². The fraction of sp³-hybridized carbons (Fsp3) is 0.500. The van der Waals surface area contributed by atoms with Gasteiger partial charge in [0.2, 0.25) is 0 Å². The molecule has 0 atom stereocenters. The maximum atomic E-state index is 7.98. The highest BCUT2D eigenvalue weighted by Gasteiger charge is 2.00. The first-order chi connectivity index (χ1) is 5.34. The standard InChI is InChI=1S/C6H8N4O/c1-5-6(4-9-11-5)2-3-8-10-7/h4H,2-3H2,1H3. The minimum absolute atomic E-state index is 0.457. The first-order valence-electron chi connectivity index (χ1n) is 3.25. The number of azide groups is 1. The second kappa shape index (κ2) is 3.63. The van der Waals surface area contributed by atoms with E-state index >= 15 is 0 Å². The van der Waals surface area contributed by atoms with Crippen LogP contribution >= 0.6 is 0 Å². The van der Waals surface area contributed by atoms with Gasteiger partial charge in [-0.05, 0) is 18.9 Å². The van der Waals surface area contributed by atoms with Crippen LogP contribution in [0, 0.1) is 6.92 Å². The zero-order chi connectivity index (χ0) is 8.10. The second-order valence-electron chi connectivity index (χ2n) is 2.11. The highest BCUT2D eigenvalue weighted by Crippen LogP contribution is 2.06. The van der Waals surface area contributed by atoms with Gasteiger partial charge in [0.05, 0.1) is 6.20 Å². The van der Waals surface area contributed by atoms with E-state index in [4.69, 9.17) is 10.1 Å². The van der Waals surface area contributed by atoms with Crippen LogP contribution in [0.25, 0.3) is 10.4 Å². The van der Waals surface area contributed by atoms with E-state index in [0.717, 1.165) is 11.3 Å². The molecule has 1 rings (SSSR count). The normalized spacial score (nSPS) is 9.18. The van der Waals surface area contributed by atoms with Crippen LogP contribution in [0.15, 0.2) is 15.8 Å². The maximum Gasteiger partial charge on any atom is 0.136 e. The first kappa shape index (κ1) is 7.63. The quantitative estimate of drug-likeness (QED) is 0.376. The number of hydrogen-bond donors (Lipinski definition) is 0. The molecular weight excluding hydrogens is 144 g/mol. The Morgan fingerprint density at radius 2 is 2.64 bits per heavy atom. The summed E-state index contributed by atoms with van der Waals surface area (Å²) in [4.78, 5) is 2.64. The van der Waals surface area contributed by atoms with Crippen LogP contribution < -0.4 is 0 Å². The summed E-state index contributed by atoms with van der Waals surface area (Å²) in [7, 11) is 0. The molecule has 1 aromatic rings. The Morgan fingerprint density at radius 1 is 1.82 bits per heavy atom. The molecule has 1 aromatic heterocycles. The fourth-order valence-corrected chi connectivity index (χ4v) is 0.774. The summed E-state index contributed by atoms with van der Waals surface area (Å²) in [6.07, 6.45) is 2.33. The summed E-state index contributed by atoms with van der Waals surface area (Å²) in [5, 5.41) is 6.99. The van der Waals surface area contributed by atoms with Crippen molar-refractivity contribution in [2.45, 2.75) is 13.3 Å². The van der Waals surface area contributed by atoms with E-state index in [2.05, 4.69) is 15.2 Å². The Morgan fingerprint density at radius 3 is 3.18 bits per heavy atom. The van der Waals surface area contributed by atoms with Gasteiger partial charge < -0.3 is 4.52 Å². The smallest absolute Gasteiger partial charge is 0.136 e. The lowest BCUT2D eigenvalue weighted by molar-refractivity contribution is 0.396. The monoisotopic (exact) mass is 152 g/mol. The van der Waals surface area contributed by atoms with Gasteiger partial charge in [-0.25, -0.2) is 0 Å². The van der Waals surface area contributed by atoms with Crippen LogP contribution in [0.3, 0.4) is 0 Å². The minimum atomic E-state index is 0.457. The zero-order valence-corrected chi connectivity index (χ0v) is 6.19. The van der Waals surface area contributed by atoms with E-state index in [1.165, 1.54) is 0 Å². The van der Waals surface area contributed by atoms with E-state index in [0.29, 0.717) is 13.0 Å². The Hall–Kier alpha value is -1.48. The van der Waals surface area contributed by atoms with Gasteiger partial charge in [0.1, 0.15) is 5.76 Å². The molecule has 0 aliphatic heterocycles. The predicted octanol–water partition coefficient (Wildman–Crippen LogP) is 1.84. The zero-order valence-electron chi connectivity index (χ0n) is 6.19. The van der Waals surface area contributed by atoms with Gasteiger partial charge in [-0.1, -0.05) is 10.3 Å². The van der Waals surface area contributed by atoms with Crippen molar-refractivity contribution >= 4 is 0 Å². The number of nitrogens with zero attached hydrogens (tertiary/aromatic N) is 4. The van der Waals surface area contributed by atoms with Gasteiger partial charge in [-0.15, -0.1) is 0 Å². The third-order valence-corrected chi connectivity index (χ3v) is 1.39. The maximum absolute atomic E-state index is 7.98. The second-order valence-corrected chi connectivity index (χ2v) is 2.11. The van der Waals surface area contributed by atoms with Crippen LogP contribution in [0.4, 0.5) is 0 Å². The molecule has 0 bridgehead atoms.